The van der Waals surface area contributed by atoms with E-state index < -0.39 is 0 Å². The topological polar surface area (TPSA) is 74.5 Å². The first-order valence-electron chi connectivity index (χ1n) is 9.33. The molecule has 8 heteroatoms. The van der Waals surface area contributed by atoms with Gasteiger partial charge in [0.2, 0.25) is 17.7 Å². The Morgan fingerprint density at radius 2 is 2.19 bits per heavy atom. The van der Waals surface area contributed by atoms with Crippen molar-refractivity contribution in [3.63, 3.8) is 0 Å². The summed E-state index contributed by atoms with van der Waals surface area (Å²) in [6, 6.07) is 6.15. The fourth-order valence-corrected chi connectivity index (χ4v) is 4.06. The van der Waals surface area contributed by atoms with Crippen LogP contribution in [0.15, 0.2) is 28.7 Å². The number of hydrogen-bond donors (Lipinski definition) is 1. The molecule has 0 bridgehead atoms. The highest BCUT2D eigenvalue weighted by Gasteiger charge is 2.41. The molecule has 0 radical (unpaired) electrons. The molecule has 1 N–H and O–H groups in total. The van der Waals surface area contributed by atoms with E-state index >= 15 is 0 Å². The lowest BCUT2D eigenvalue weighted by molar-refractivity contribution is -0.121. The summed E-state index contributed by atoms with van der Waals surface area (Å²) in [5, 5.41) is 11.2. The molecular weight excluding hydrogens is 349 g/mol. The Balaban J connectivity index is 1.46. The molecule has 1 spiro atoms. The van der Waals surface area contributed by atoms with E-state index in [-0.39, 0.29) is 17.3 Å². The summed E-state index contributed by atoms with van der Waals surface area (Å²) in [4.78, 5) is 16.4. The summed E-state index contributed by atoms with van der Waals surface area (Å²) in [6.07, 6.45) is 2.34. The number of halogens is 1. The van der Waals surface area contributed by atoms with Crippen molar-refractivity contribution < 1.29 is 13.6 Å². The molecule has 1 aromatic carbocycles. The number of amides is 1. The minimum atomic E-state index is -0.329. The van der Waals surface area contributed by atoms with Gasteiger partial charge in [-0.2, -0.15) is 0 Å². The Hall–Kier alpha value is -2.32. The Morgan fingerprint density at radius 1 is 1.30 bits per heavy atom. The van der Waals surface area contributed by atoms with Crippen LogP contribution >= 0.6 is 0 Å². The maximum Gasteiger partial charge on any atom is 0.247 e. The summed E-state index contributed by atoms with van der Waals surface area (Å²) in [5.41, 5.74) is 0.569. The third-order valence-corrected chi connectivity index (χ3v) is 5.71. The van der Waals surface area contributed by atoms with Gasteiger partial charge in [0.1, 0.15) is 5.82 Å². The normalized spacial score (nSPS) is 24.7. The molecule has 7 nitrogen and oxygen atoms in total. The third kappa shape index (κ3) is 3.86. The van der Waals surface area contributed by atoms with Crippen LogP contribution in [0.3, 0.4) is 0 Å². The molecule has 2 fully saturated rings. The van der Waals surface area contributed by atoms with Crippen LogP contribution in [0.2, 0.25) is 0 Å². The van der Waals surface area contributed by atoms with Crippen molar-refractivity contribution >= 4 is 5.91 Å². The van der Waals surface area contributed by atoms with Crippen molar-refractivity contribution in [2.45, 2.75) is 31.3 Å². The van der Waals surface area contributed by atoms with E-state index in [1.165, 1.54) is 12.1 Å². The van der Waals surface area contributed by atoms with Crippen molar-refractivity contribution in [3.05, 3.63) is 36.0 Å². The van der Waals surface area contributed by atoms with E-state index in [4.69, 9.17) is 4.42 Å². The maximum absolute atomic E-state index is 13.4. The third-order valence-electron chi connectivity index (χ3n) is 5.71. The number of rotatable bonds is 3. The molecule has 27 heavy (non-hydrogen) atoms. The Labute approximate surface area is 157 Å². The number of carbonyl (C=O) groups is 1. The standard InChI is InChI=1S/C19H24FN5O2/c1-24-9-10-25(13-19(24)6-5-16(26)21-8-7-19)12-17-22-23-18(27-17)14-3-2-4-15(20)11-14/h2-4,11H,5-10,12-13H2,1H3,(H,21,26)/t19-/m1/s1. The molecule has 0 saturated carbocycles. The molecule has 1 atom stereocenters. The van der Waals surface area contributed by atoms with Crippen LogP contribution in [0, 0.1) is 5.82 Å². The quantitative estimate of drug-likeness (QED) is 0.882. The highest BCUT2D eigenvalue weighted by atomic mass is 19.1. The number of nitrogens with one attached hydrogen (secondary N) is 1. The van der Waals surface area contributed by atoms with Gasteiger partial charge in [0.05, 0.1) is 6.54 Å². The molecule has 1 aromatic heterocycles. The van der Waals surface area contributed by atoms with Gasteiger partial charge in [-0.3, -0.25) is 14.6 Å². The molecule has 2 saturated heterocycles. The largest absolute Gasteiger partial charge is 0.419 e. The van der Waals surface area contributed by atoms with Gasteiger partial charge >= 0.3 is 0 Å². The molecular formula is C19H24FN5O2. The fourth-order valence-electron chi connectivity index (χ4n) is 4.06. The van der Waals surface area contributed by atoms with E-state index in [1.54, 1.807) is 12.1 Å². The lowest BCUT2D eigenvalue weighted by atomic mass is 9.86. The lowest BCUT2D eigenvalue weighted by Gasteiger charge is -2.49. The second-order valence-electron chi connectivity index (χ2n) is 7.47. The predicted molar refractivity (Wildman–Crippen MR) is 97.2 cm³/mol. The number of carbonyl (C=O) groups excluding carboxylic acids is 1. The monoisotopic (exact) mass is 373 g/mol. The summed E-state index contributed by atoms with van der Waals surface area (Å²) in [7, 11) is 2.14. The van der Waals surface area contributed by atoms with E-state index in [9.17, 15) is 9.18 Å². The van der Waals surface area contributed by atoms with Crippen molar-refractivity contribution in [1.29, 1.82) is 0 Å². The predicted octanol–water partition coefficient (Wildman–Crippen LogP) is 1.66. The van der Waals surface area contributed by atoms with Crippen LogP contribution in [-0.2, 0) is 11.3 Å². The maximum atomic E-state index is 13.4. The molecule has 2 aromatic rings. The first-order chi connectivity index (χ1) is 13.0. The van der Waals surface area contributed by atoms with E-state index in [0.29, 0.717) is 36.9 Å². The van der Waals surface area contributed by atoms with Crippen LogP contribution in [0.1, 0.15) is 25.2 Å². The van der Waals surface area contributed by atoms with Gasteiger partial charge in [-0.15, -0.1) is 10.2 Å². The van der Waals surface area contributed by atoms with Gasteiger partial charge in [-0.05, 0) is 38.1 Å². The number of likely N-dealkylation sites (N-methyl/N-ethyl adjacent to an activating group) is 1. The summed E-state index contributed by atoms with van der Waals surface area (Å²) >= 11 is 0. The molecule has 0 aliphatic carbocycles. The number of piperazine rings is 1. The van der Waals surface area contributed by atoms with Crippen LogP contribution < -0.4 is 5.32 Å². The highest BCUT2D eigenvalue weighted by Crippen LogP contribution is 2.31. The first kappa shape index (κ1) is 18.1. The Morgan fingerprint density at radius 3 is 3.04 bits per heavy atom. The minimum Gasteiger partial charge on any atom is -0.419 e. The minimum absolute atomic E-state index is 0.0111. The second kappa shape index (κ2) is 7.36. The van der Waals surface area contributed by atoms with E-state index in [1.807, 2.05) is 0 Å². The van der Waals surface area contributed by atoms with E-state index in [2.05, 4.69) is 32.4 Å². The molecule has 2 aliphatic heterocycles. The molecule has 3 heterocycles. The van der Waals surface area contributed by atoms with Crippen LogP contribution in [-0.4, -0.2) is 64.7 Å². The average Bonchev–Trinajstić information content (AvgIpc) is 3.03. The summed E-state index contributed by atoms with van der Waals surface area (Å²) in [5.74, 6) is 0.660. The molecule has 1 amide bonds. The van der Waals surface area contributed by atoms with Crippen LogP contribution in [0.4, 0.5) is 4.39 Å². The number of aromatic nitrogens is 2. The SMILES string of the molecule is CN1CCN(Cc2nnc(-c3cccc(F)c3)o2)C[C@@]12CCNC(=O)CC2. The molecule has 4 rings (SSSR count). The number of nitrogens with zero attached hydrogens (tertiary/aromatic N) is 4. The van der Waals surface area contributed by atoms with Crippen molar-refractivity contribution in [2.75, 3.05) is 33.2 Å². The van der Waals surface area contributed by atoms with Crippen LogP contribution in [0.25, 0.3) is 11.5 Å². The lowest BCUT2D eigenvalue weighted by Crippen LogP contribution is -2.60. The fraction of sp³-hybridized carbons (Fsp3) is 0.526. The van der Waals surface area contributed by atoms with Gasteiger partial charge in [0.25, 0.3) is 0 Å². The zero-order valence-electron chi connectivity index (χ0n) is 15.4. The number of benzene rings is 1. The van der Waals surface area contributed by atoms with Crippen molar-refractivity contribution in [3.8, 4) is 11.5 Å². The van der Waals surface area contributed by atoms with Crippen molar-refractivity contribution in [2.24, 2.45) is 0 Å². The van der Waals surface area contributed by atoms with E-state index in [0.717, 1.165) is 32.5 Å². The van der Waals surface area contributed by atoms with Crippen LogP contribution in [0.5, 0.6) is 0 Å². The Bertz CT molecular complexity index is 826. The molecule has 0 unspecified atom stereocenters. The second-order valence-corrected chi connectivity index (χ2v) is 7.47. The van der Waals surface area contributed by atoms with Gasteiger partial charge in [0, 0.05) is 43.7 Å². The summed E-state index contributed by atoms with van der Waals surface area (Å²) in [6.45, 7) is 3.95. The molecule has 144 valence electrons. The Kier molecular flexibility index (Phi) is 4.92. The molecule has 2 aliphatic rings. The van der Waals surface area contributed by atoms with Gasteiger partial charge in [-0.25, -0.2) is 4.39 Å². The number of hydrogen-bond acceptors (Lipinski definition) is 6. The smallest absolute Gasteiger partial charge is 0.247 e. The van der Waals surface area contributed by atoms with Crippen molar-refractivity contribution in [1.82, 2.24) is 25.3 Å². The first-order valence-corrected chi connectivity index (χ1v) is 9.33. The average molecular weight is 373 g/mol. The van der Waals surface area contributed by atoms with Gasteiger partial charge in [-0.1, -0.05) is 6.07 Å². The van der Waals surface area contributed by atoms with Gasteiger partial charge in [0.15, 0.2) is 0 Å². The summed E-state index contributed by atoms with van der Waals surface area (Å²) < 4.78 is 19.2. The zero-order chi connectivity index (χ0) is 18.9. The van der Waals surface area contributed by atoms with Gasteiger partial charge < -0.3 is 9.73 Å². The zero-order valence-corrected chi connectivity index (χ0v) is 15.4. The highest BCUT2D eigenvalue weighted by molar-refractivity contribution is 5.76.